The van der Waals surface area contributed by atoms with Gasteiger partial charge in [0, 0.05) is 13.2 Å². The summed E-state index contributed by atoms with van der Waals surface area (Å²) < 4.78 is 8.26. The van der Waals surface area contributed by atoms with E-state index < -0.39 is 0 Å². The van der Waals surface area contributed by atoms with Crippen molar-refractivity contribution >= 4 is 17.6 Å². The third-order valence-corrected chi connectivity index (χ3v) is 2.83. The molecule has 2 heterocycles. The first-order valence-corrected chi connectivity index (χ1v) is 5.85. The summed E-state index contributed by atoms with van der Waals surface area (Å²) in [6.45, 7) is 2.56. The van der Waals surface area contributed by atoms with Gasteiger partial charge in [-0.1, -0.05) is 11.6 Å². The average Bonchev–Trinajstić information content (AvgIpc) is 2.92. The van der Waals surface area contributed by atoms with E-state index in [9.17, 15) is 4.79 Å². The molecule has 96 valence electrons. The molecule has 0 aromatic carbocycles. The third-order valence-electron chi connectivity index (χ3n) is 2.48. The number of rotatable bonds is 4. The summed E-state index contributed by atoms with van der Waals surface area (Å²) in [6, 6.07) is 0. The fourth-order valence-corrected chi connectivity index (χ4v) is 1.63. The lowest BCUT2D eigenvalue weighted by Gasteiger charge is -2.02. The first-order valence-electron chi connectivity index (χ1n) is 5.47. The molecule has 0 bridgehead atoms. The summed E-state index contributed by atoms with van der Waals surface area (Å²) in [5.41, 5.74) is 0.428. The number of aromatic nitrogens is 4. The van der Waals surface area contributed by atoms with Crippen LogP contribution in [-0.2, 0) is 18.3 Å². The van der Waals surface area contributed by atoms with Crippen LogP contribution in [0.4, 0.5) is 0 Å². The Morgan fingerprint density at radius 2 is 2.28 bits per heavy atom. The van der Waals surface area contributed by atoms with Crippen molar-refractivity contribution in [2.45, 2.75) is 13.5 Å². The van der Waals surface area contributed by atoms with Gasteiger partial charge in [-0.2, -0.15) is 5.10 Å². The standard InChI is InChI=1S/C11H13ClN4O2/c1-3-18-11(17)8-4-14-16(6-8)7-10-13-5-9(12)15(10)2/h4-6H,3,7H2,1-2H3. The van der Waals surface area contributed by atoms with Crippen molar-refractivity contribution in [2.75, 3.05) is 6.61 Å². The van der Waals surface area contributed by atoms with Crippen LogP contribution in [0.3, 0.4) is 0 Å². The minimum Gasteiger partial charge on any atom is -0.462 e. The zero-order chi connectivity index (χ0) is 13.1. The highest BCUT2D eigenvalue weighted by Gasteiger charge is 2.11. The number of hydrogen-bond donors (Lipinski definition) is 0. The Morgan fingerprint density at radius 1 is 1.50 bits per heavy atom. The summed E-state index contributed by atoms with van der Waals surface area (Å²) in [5.74, 6) is 0.389. The van der Waals surface area contributed by atoms with Gasteiger partial charge in [-0.3, -0.25) is 4.68 Å². The number of imidazole rings is 1. The van der Waals surface area contributed by atoms with E-state index in [1.54, 1.807) is 28.6 Å². The second kappa shape index (κ2) is 5.22. The van der Waals surface area contributed by atoms with Crippen molar-refractivity contribution in [3.8, 4) is 0 Å². The Kier molecular flexibility index (Phi) is 3.66. The Morgan fingerprint density at radius 3 is 2.89 bits per heavy atom. The summed E-state index contributed by atoms with van der Waals surface area (Å²) in [6.07, 6.45) is 4.68. The van der Waals surface area contributed by atoms with Crippen molar-refractivity contribution in [1.82, 2.24) is 19.3 Å². The molecule has 0 saturated heterocycles. The fourth-order valence-electron chi connectivity index (χ4n) is 1.49. The van der Waals surface area contributed by atoms with E-state index in [2.05, 4.69) is 10.1 Å². The zero-order valence-corrected chi connectivity index (χ0v) is 10.9. The minimum atomic E-state index is -0.373. The van der Waals surface area contributed by atoms with Crippen LogP contribution >= 0.6 is 11.6 Å². The quantitative estimate of drug-likeness (QED) is 0.789. The second-order valence-corrected chi connectivity index (χ2v) is 4.09. The van der Waals surface area contributed by atoms with Crippen molar-refractivity contribution in [1.29, 1.82) is 0 Å². The number of halogens is 1. The van der Waals surface area contributed by atoms with Gasteiger partial charge < -0.3 is 9.30 Å². The maximum absolute atomic E-state index is 11.5. The highest BCUT2D eigenvalue weighted by atomic mass is 35.5. The van der Waals surface area contributed by atoms with Gasteiger partial charge >= 0.3 is 5.97 Å². The molecule has 6 nitrogen and oxygen atoms in total. The van der Waals surface area contributed by atoms with Crippen LogP contribution in [0.2, 0.25) is 5.15 Å². The van der Waals surface area contributed by atoms with Crippen LogP contribution in [0.25, 0.3) is 0 Å². The van der Waals surface area contributed by atoms with Crippen molar-refractivity contribution in [2.24, 2.45) is 7.05 Å². The molecular weight excluding hydrogens is 256 g/mol. The molecule has 0 spiro atoms. The number of esters is 1. The summed E-state index contributed by atoms with van der Waals surface area (Å²) in [5, 5.41) is 4.64. The van der Waals surface area contributed by atoms with E-state index in [1.165, 1.54) is 6.20 Å². The van der Waals surface area contributed by atoms with Gasteiger partial charge in [0.2, 0.25) is 0 Å². The lowest BCUT2D eigenvalue weighted by atomic mass is 10.4. The molecule has 18 heavy (non-hydrogen) atoms. The van der Waals surface area contributed by atoms with Crippen LogP contribution in [0.15, 0.2) is 18.6 Å². The maximum Gasteiger partial charge on any atom is 0.341 e. The molecular formula is C11H13ClN4O2. The van der Waals surface area contributed by atoms with Crippen LogP contribution in [0, 0.1) is 0 Å². The normalized spacial score (nSPS) is 10.6. The molecule has 0 aliphatic carbocycles. The fraction of sp³-hybridized carbons (Fsp3) is 0.364. The number of ether oxygens (including phenoxy) is 1. The van der Waals surface area contributed by atoms with Crippen LogP contribution in [-0.4, -0.2) is 31.9 Å². The maximum atomic E-state index is 11.5. The Balaban J connectivity index is 2.11. The molecule has 0 saturated carbocycles. The summed E-state index contributed by atoms with van der Waals surface area (Å²) >= 11 is 5.89. The molecule has 2 aromatic rings. The van der Waals surface area contributed by atoms with E-state index in [-0.39, 0.29) is 5.97 Å². The highest BCUT2D eigenvalue weighted by molar-refractivity contribution is 6.29. The monoisotopic (exact) mass is 268 g/mol. The molecule has 0 atom stereocenters. The predicted molar refractivity (Wildman–Crippen MR) is 65.5 cm³/mol. The molecule has 2 aromatic heterocycles. The van der Waals surface area contributed by atoms with Gasteiger partial charge in [-0.05, 0) is 6.92 Å². The molecule has 7 heteroatoms. The first-order chi connectivity index (χ1) is 8.61. The largest absolute Gasteiger partial charge is 0.462 e. The van der Waals surface area contributed by atoms with E-state index in [0.717, 1.165) is 5.82 Å². The average molecular weight is 269 g/mol. The first kappa shape index (κ1) is 12.6. The lowest BCUT2D eigenvalue weighted by Crippen LogP contribution is -2.07. The smallest absolute Gasteiger partial charge is 0.341 e. The van der Waals surface area contributed by atoms with Gasteiger partial charge in [-0.15, -0.1) is 0 Å². The zero-order valence-electron chi connectivity index (χ0n) is 10.1. The Hall–Kier alpha value is -1.82. The molecule has 0 aliphatic heterocycles. The van der Waals surface area contributed by atoms with Gasteiger partial charge in [-0.25, -0.2) is 9.78 Å². The van der Waals surface area contributed by atoms with E-state index in [1.807, 2.05) is 7.05 Å². The predicted octanol–water partition coefficient (Wildman–Crippen LogP) is 1.49. The van der Waals surface area contributed by atoms with Gasteiger partial charge in [0.05, 0.1) is 31.1 Å². The van der Waals surface area contributed by atoms with Crippen molar-refractivity contribution in [3.05, 3.63) is 35.1 Å². The topological polar surface area (TPSA) is 61.9 Å². The minimum absolute atomic E-state index is 0.346. The molecule has 0 radical (unpaired) electrons. The van der Waals surface area contributed by atoms with Crippen molar-refractivity contribution < 1.29 is 9.53 Å². The van der Waals surface area contributed by atoms with E-state index >= 15 is 0 Å². The molecule has 0 unspecified atom stereocenters. The molecule has 0 fully saturated rings. The Labute approximate surface area is 109 Å². The van der Waals surface area contributed by atoms with E-state index in [4.69, 9.17) is 16.3 Å². The number of hydrogen-bond acceptors (Lipinski definition) is 4. The SMILES string of the molecule is CCOC(=O)c1cnn(Cc2ncc(Cl)n2C)c1. The lowest BCUT2D eigenvalue weighted by molar-refractivity contribution is 0.0526. The van der Waals surface area contributed by atoms with E-state index in [0.29, 0.717) is 23.9 Å². The Bertz CT molecular complexity index is 561. The van der Waals surface area contributed by atoms with Gasteiger partial charge in [0.25, 0.3) is 0 Å². The third kappa shape index (κ3) is 2.53. The van der Waals surface area contributed by atoms with Gasteiger partial charge in [0.1, 0.15) is 11.0 Å². The van der Waals surface area contributed by atoms with Gasteiger partial charge in [0.15, 0.2) is 0 Å². The molecule has 0 N–H and O–H groups in total. The summed E-state index contributed by atoms with van der Waals surface area (Å²) in [7, 11) is 1.82. The molecule has 0 amide bonds. The highest BCUT2D eigenvalue weighted by Crippen LogP contribution is 2.10. The molecule has 2 rings (SSSR count). The second-order valence-electron chi connectivity index (χ2n) is 3.70. The number of nitrogens with zero attached hydrogens (tertiary/aromatic N) is 4. The number of carbonyl (C=O) groups is 1. The summed E-state index contributed by atoms with van der Waals surface area (Å²) in [4.78, 5) is 15.6. The number of carbonyl (C=O) groups excluding carboxylic acids is 1. The van der Waals surface area contributed by atoms with Crippen LogP contribution < -0.4 is 0 Å². The van der Waals surface area contributed by atoms with Crippen LogP contribution in [0.5, 0.6) is 0 Å². The van der Waals surface area contributed by atoms with Crippen LogP contribution in [0.1, 0.15) is 23.1 Å². The molecule has 0 aliphatic rings. The van der Waals surface area contributed by atoms with Crippen molar-refractivity contribution in [3.63, 3.8) is 0 Å².